The van der Waals surface area contributed by atoms with Crippen molar-refractivity contribution in [1.82, 2.24) is 5.32 Å². The second-order valence-corrected chi connectivity index (χ2v) is 6.36. The molecule has 2 heterocycles. The number of fused-ring (bicyclic) bond motifs is 3. The first-order chi connectivity index (χ1) is 10.8. The third-order valence-corrected chi connectivity index (χ3v) is 4.83. The van der Waals surface area contributed by atoms with Gasteiger partial charge in [0.25, 0.3) is 0 Å². The van der Waals surface area contributed by atoms with E-state index in [1.165, 1.54) is 29.3 Å². The molecule has 0 aromatic heterocycles. The molecule has 2 aromatic rings. The summed E-state index contributed by atoms with van der Waals surface area (Å²) in [5.74, 6) is -0.153. The van der Waals surface area contributed by atoms with Crippen LogP contribution in [-0.2, 0) is 12.8 Å². The van der Waals surface area contributed by atoms with Gasteiger partial charge < -0.3 is 10.2 Å². The summed E-state index contributed by atoms with van der Waals surface area (Å²) in [5, 5.41) is 3.48. The minimum absolute atomic E-state index is 0.153. The molecule has 4 rings (SSSR count). The molecule has 0 aliphatic carbocycles. The smallest absolute Gasteiger partial charge is 0.123 e. The van der Waals surface area contributed by atoms with Crippen LogP contribution in [0.5, 0.6) is 0 Å². The molecule has 2 aliphatic rings. The van der Waals surface area contributed by atoms with Crippen LogP contribution >= 0.6 is 0 Å². The molecule has 2 aromatic carbocycles. The van der Waals surface area contributed by atoms with Gasteiger partial charge in [-0.15, -0.1) is 0 Å². The second-order valence-electron chi connectivity index (χ2n) is 6.36. The van der Waals surface area contributed by atoms with Crippen molar-refractivity contribution in [3.05, 3.63) is 65.0 Å². The molecule has 0 saturated carbocycles. The van der Waals surface area contributed by atoms with Crippen LogP contribution < -0.4 is 10.2 Å². The van der Waals surface area contributed by atoms with E-state index in [-0.39, 0.29) is 5.82 Å². The van der Waals surface area contributed by atoms with Crippen LogP contribution in [0.2, 0.25) is 0 Å². The summed E-state index contributed by atoms with van der Waals surface area (Å²) in [4.78, 5) is 2.56. The molecular weight excluding hydrogens is 275 g/mol. The molecule has 114 valence electrons. The van der Waals surface area contributed by atoms with Crippen LogP contribution in [-0.4, -0.2) is 25.7 Å². The fourth-order valence-electron chi connectivity index (χ4n) is 3.79. The number of hydrogen-bond acceptors (Lipinski definition) is 2. The molecule has 2 nitrogen and oxygen atoms in total. The lowest BCUT2D eigenvalue weighted by Gasteiger charge is -2.24. The Morgan fingerprint density at radius 1 is 1.09 bits per heavy atom. The maximum absolute atomic E-state index is 13.3. The van der Waals surface area contributed by atoms with Gasteiger partial charge in [0, 0.05) is 24.8 Å². The second kappa shape index (κ2) is 5.73. The van der Waals surface area contributed by atoms with Crippen LogP contribution in [0.25, 0.3) is 0 Å². The Hall–Kier alpha value is -1.87. The van der Waals surface area contributed by atoms with Crippen molar-refractivity contribution < 1.29 is 4.39 Å². The molecule has 0 spiro atoms. The minimum atomic E-state index is -0.153. The zero-order valence-corrected chi connectivity index (χ0v) is 12.7. The number of nitrogens with zero attached hydrogens (tertiary/aromatic N) is 1. The van der Waals surface area contributed by atoms with E-state index in [1.807, 2.05) is 6.07 Å². The molecule has 0 radical (unpaired) electrons. The first-order valence-electron chi connectivity index (χ1n) is 8.13. The number of rotatable bonds is 2. The summed E-state index contributed by atoms with van der Waals surface area (Å²) in [6.07, 6.45) is 3.17. The number of hydrogen-bond donors (Lipinski definition) is 1. The predicted octanol–water partition coefficient (Wildman–Crippen LogP) is 3.14. The normalized spacial score (nSPS) is 20.4. The van der Waals surface area contributed by atoms with Crippen molar-refractivity contribution in [3.8, 4) is 0 Å². The van der Waals surface area contributed by atoms with Gasteiger partial charge in [0.05, 0.1) is 0 Å². The largest absolute Gasteiger partial charge is 0.367 e. The van der Waals surface area contributed by atoms with Gasteiger partial charge in [0.2, 0.25) is 0 Å². The highest BCUT2D eigenvalue weighted by Crippen LogP contribution is 2.34. The molecule has 1 atom stereocenters. The highest BCUT2D eigenvalue weighted by Gasteiger charge is 2.29. The van der Waals surface area contributed by atoms with E-state index < -0.39 is 0 Å². The molecule has 0 bridgehead atoms. The van der Waals surface area contributed by atoms with E-state index in [9.17, 15) is 4.39 Å². The van der Waals surface area contributed by atoms with E-state index >= 15 is 0 Å². The average Bonchev–Trinajstić information content (AvgIpc) is 2.68. The van der Waals surface area contributed by atoms with Crippen LogP contribution in [0, 0.1) is 5.82 Å². The van der Waals surface area contributed by atoms with Crippen LogP contribution in [0.4, 0.5) is 10.1 Å². The van der Waals surface area contributed by atoms with Gasteiger partial charge in [-0.1, -0.05) is 24.3 Å². The summed E-state index contributed by atoms with van der Waals surface area (Å²) in [5.41, 5.74) is 5.18. The van der Waals surface area contributed by atoms with Crippen molar-refractivity contribution in [3.63, 3.8) is 0 Å². The van der Waals surface area contributed by atoms with Crippen molar-refractivity contribution >= 4 is 5.69 Å². The monoisotopic (exact) mass is 296 g/mol. The third kappa shape index (κ3) is 2.61. The Morgan fingerprint density at radius 3 is 2.91 bits per heavy atom. The SMILES string of the molecule is Fc1cccc(Cc2ccc3c(c2)CC2CCNCCN32)c1. The van der Waals surface area contributed by atoms with Crippen molar-refractivity contribution in [2.75, 3.05) is 24.5 Å². The van der Waals surface area contributed by atoms with Gasteiger partial charge in [-0.2, -0.15) is 0 Å². The zero-order valence-electron chi connectivity index (χ0n) is 12.7. The van der Waals surface area contributed by atoms with Gasteiger partial charge in [-0.05, 0) is 60.7 Å². The van der Waals surface area contributed by atoms with Gasteiger partial charge in [0.15, 0.2) is 0 Å². The van der Waals surface area contributed by atoms with Gasteiger partial charge in [-0.25, -0.2) is 4.39 Å². The Morgan fingerprint density at radius 2 is 2.00 bits per heavy atom. The quantitative estimate of drug-likeness (QED) is 0.916. The summed E-state index contributed by atoms with van der Waals surface area (Å²) in [6.45, 7) is 3.28. The number of anilines is 1. The zero-order chi connectivity index (χ0) is 14.9. The molecule has 1 unspecified atom stereocenters. The summed E-state index contributed by atoms with van der Waals surface area (Å²) in [6, 6.07) is 14.3. The Balaban J connectivity index is 1.58. The van der Waals surface area contributed by atoms with E-state index in [2.05, 4.69) is 28.4 Å². The maximum atomic E-state index is 13.3. The molecule has 2 aliphatic heterocycles. The maximum Gasteiger partial charge on any atom is 0.123 e. The molecule has 1 saturated heterocycles. The predicted molar refractivity (Wildman–Crippen MR) is 88.0 cm³/mol. The van der Waals surface area contributed by atoms with Crippen LogP contribution in [0.15, 0.2) is 42.5 Å². The van der Waals surface area contributed by atoms with E-state index in [0.29, 0.717) is 6.04 Å². The van der Waals surface area contributed by atoms with Crippen molar-refractivity contribution in [2.45, 2.75) is 25.3 Å². The summed E-state index contributed by atoms with van der Waals surface area (Å²) >= 11 is 0. The van der Waals surface area contributed by atoms with E-state index in [4.69, 9.17) is 0 Å². The lowest BCUT2D eigenvalue weighted by molar-refractivity contribution is 0.612. The minimum Gasteiger partial charge on any atom is -0.367 e. The fourth-order valence-corrected chi connectivity index (χ4v) is 3.79. The highest BCUT2D eigenvalue weighted by molar-refractivity contribution is 5.61. The topological polar surface area (TPSA) is 15.3 Å². The van der Waals surface area contributed by atoms with Crippen LogP contribution in [0.3, 0.4) is 0 Å². The number of halogens is 1. The summed E-state index contributed by atoms with van der Waals surface area (Å²) in [7, 11) is 0. The lowest BCUT2D eigenvalue weighted by atomic mass is 10.0. The summed E-state index contributed by atoms with van der Waals surface area (Å²) < 4.78 is 13.3. The Labute approximate surface area is 131 Å². The molecule has 22 heavy (non-hydrogen) atoms. The molecule has 1 fully saturated rings. The Kier molecular flexibility index (Phi) is 3.59. The Bertz CT molecular complexity index is 683. The third-order valence-electron chi connectivity index (χ3n) is 4.83. The van der Waals surface area contributed by atoms with Gasteiger partial charge >= 0.3 is 0 Å². The van der Waals surface area contributed by atoms with Gasteiger partial charge in [-0.3, -0.25) is 0 Å². The average molecular weight is 296 g/mol. The number of nitrogens with one attached hydrogen (secondary N) is 1. The van der Waals surface area contributed by atoms with Crippen molar-refractivity contribution in [1.29, 1.82) is 0 Å². The van der Waals surface area contributed by atoms with E-state index in [0.717, 1.165) is 38.0 Å². The lowest BCUT2D eigenvalue weighted by Crippen LogP contribution is -2.32. The number of benzene rings is 2. The van der Waals surface area contributed by atoms with Gasteiger partial charge in [0.1, 0.15) is 5.82 Å². The highest BCUT2D eigenvalue weighted by atomic mass is 19.1. The van der Waals surface area contributed by atoms with Crippen LogP contribution in [0.1, 0.15) is 23.1 Å². The molecule has 1 N–H and O–H groups in total. The first kappa shape index (κ1) is 13.8. The molecule has 0 amide bonds. The first-order valence-corrected chi connectivity index (χ1v) is 8.13. The molecule has 3 heteroatoms. The van der Waals surface area contributed by atoms with E-state index in [1.54, 1.807) is 12.1 Å². The van der Waals surface area contributed by atoms with Crippen molar-refractivity contribution in [2.24, 2.45) is 0 Å². The standard InChI is InChI=1S/C19H21FN2/c20-17-3-1-2-14(12-17)10-15-4-5-19-16(11-15)13-18-6-7-21-8-9-22(18)19/h1-5,11-12,18,21H,6-10,13H2. The fraction of sp³-hybridized carbons (Fsp3) is 0.368. The molecular formula is C19H21FN2.